The molecule has 0 aliphatic carbocycles. The monoisotopic (exact) mass is 407 g/mol. The predicted octanol–water partition coefficient (Wildman–Crippen LogP) is 1.62. The van der Waals surface area contributed by atoms with Gasteiger partial charge in [-0.2, -0.15) is 0 Å². The minimum absolute atomic E-state index is 0.0879. The van der Waals surface area contributed by atoms with E-state index in [4.69, 9.17) is 0 Å². The van der Waals surface area contributed by atoms with E-state index in [2.05, 4.69) is 15.4 Å². The summed E-state index contributed by atoms with van der Waals surface area (Å²) in [5.41, 5.74) is 1.94. The van der Waals surface area contributed by atoms with Crippen LogP contribution in [0.3, 0.4) is 0 Å². The summed E-state index contributed by atoms with van der Waals surface area (Å²) in [7, 11) is 2.91. The molecule has 0 atom stereocenters. The van der Waals surface area contributed by atoms with Crippen LogP contribution in [0.15, 0.2) is 59.4 Å². The van der Waals surface area contributed by atoms with Gasteiger partial charge in [0.1, 0.15) is 6.54 Å². The smallest absolute Gasteiger partial charge is 0.325 e. The number of para-hydroxylation sites is 1. The molecule has 1 heterocycles. The fraction of sp³-hybridized carbons (Fsp3) is 0.182. The van der Waals surface area contributed by atoms with Crippen molar-refractivity contribution in [2.45, 2.75) is 6.42 Å². The lowest BCUT2D eigenvalue weighted by Gasteiger charge is -2.11. The Morgan fingerprint density at radius 1 is 1.03 bits per heavy atom. The van der Waals surface area contributed by atoms with Crippen LogP contribution in [0.5, 0.6) is 0 Å². The van der Waals surface area contributed by atoms with E-state index >= 15 is 0 Å². The van der Waals surface area contributed by atoms with Gasteiger partial charge < -0.3 is 19.9 Å². The number of esters is 1. The maximum atomic E-state index is 12.8. The Labute approximate surface area is 172 Å². The molecule has 0 spiro atoms. The maximum absolute atomic E-state index is 12.8. The minimum atomic E-state index is -0.523. The van der Waals surface area contributed by atoms with Crippen LogP contribution in [0.1, 0.15) is 15.9 Å². The van der Waals surface area contributed by atoms with Gasteiger partial charge in [0.25, 0.3) is 11.5 Å². The van der Waals surface area contributed by atoms with Crippen LogP contribution in [0, 0.1) is 0 Å². The number of anilines is 1. The summed E-state index contributed by atoms with van der Waals surface area (Å²) < 4.78 is 5.96. The van der Waals surface area contributed by atoms with Crippen molar-refractivity contribution in [1.82, 2.24) is 9.88 Å². The molecule has 8 nitrogen and oxygen atoms in total. The number of benzene rings is 2. The van der Waals surface area contributed by atoms with Crippen LogP contribution in [0.2, 0.25) is 0 Å². The predicted molar refractivity (Wildman–Crippen MR) is 112 cm³/mol. The van der Waals surface area contributed by atoms with Crippen molar-refractivity contribution in [2.24, 2.45) is 7.05 Å². The topological polar surface area (TPSA) is 106 Å². The summed E-state index contributed by atoms with van der Waals surface area (Å²) in [6.45, 7) is -0.187. The molecule has 0 aliphatic rings. The highest BCUT2D eigenvalue weighted by atomic mass is 16.5. The standard InChI is InChI=1S/C22H21N3O5/c1-25-18-6-4-3-5-16(18)17(12-20(25)27)22(29)24-15-9-7-14(8-10-15)11-19(26)23-13-21(28)30-2/h3-10,12H,11,13H2,1-2H3,(H,23,26)(H,24,29). The number of hydrogen-bond donors (Lipinski definition) is 2. The lowest BCUT2D eigenvalue weighted by Crippen LogP contribution is -2.31. The second-order valence-electron chi connectivity index (χ2n) is 6.65. The number of nitrogens with one attached hydrogen (secondary N) is 2. The van der Waals surface area contributed by atoms with Crippen LogP contribution in [-0.4, -0.2) is 36.0 Å². The summed E-state index contributed by atoms with van der Waals surface area (Å²) >= 11 is 0. The molecule has 0 aliphatic heterocycles. The van der Waals surface area contributed by atoms with Crippen molar-refractivity contribution >= 4 is 34.4 Å². The molecule has 1 aromatic heterocycles. The highest BCUT2D eigenvalue weighted by Gasteiger charge is 2.14. The van der Waals surface area contributed by atoms with Gasteiger partial charge in [-0.1, -0.05) is 30.3 Å². The lowest BCUT2D eigenvalue weighted by molar-refractivity contribution is -0.141. The molecule has 154 valence electrons. The van der Waals surface area contributed by atoms with Gasteiger partial charge >= 0.3 is 5.97 Å². The Morgan fingerprint density at radius 2 is 1.73 bits per heavy atom. The summed E-state index contributed by atoms with van der Waals surface area (Å²) in [5.74, 6) is -1.24. The van der Waals surface area contributed by atoms with Gasteiger partial charge in [-0.05, 0) is 23.8 Å². The Kier molecular flexibility index (Phi) is 6.26. The number of rotatable bonds is 6. The molecule has 2 amide bonds. The van der Waals surface area contributed by atoms with E-state index in [1.165, 1.54) is 17.7 Å². The number of methoxy groups -OCH3 is 1. The summed E-state index contributed by atoms with van der Waals surface area (Å²) in [6.07, 6.45) is 0.0879. The number of ether oxygens (including phenoxy) is 1. The zero-order valence-corrected chi connectivity index (χ0v) is 16.6. The van der Waals surface area contributed by atoms with E-state index in [1.807, 2.05) is 12.1 Å². The number of pyridine rings is 1. The zero-order valence-electron chi connectivity index (χ0n) is 16.6. The van der Waals surface area contributed by atoms with Crippen molar-refractivity contribution in [3.05, 3.63) is 76.1 Å². The minimum Gasteiger partial charge on any atom is -0.468 e. The van der Waals surface area contributed by atoms with Crippen molar-refractivity contribution in [3.63, 3.8) is 0 Å². The molecule has 30 heavy (non-hydrogen) atoms. The second-order valence-corrected chi connectivity index (χ2v) is 6.65. The Bertz CT molecular complexity index is 1170. The first kappa shape index (κ1) is 20.8. The maximum Gasteiger partial charge on any atom is 0.325 e. The van der Waals surface area contributed by atoms with E-state index in [0.29, 0.717) is 22.2 Å². The molecule has 8 heteroatoms. The average molecular weight is 407 g/mol. The molecule has 3 rings (SSSR count). The van der Waals surface area contributed by atoms with Gasteiger partial charge in [-0.3, -0.25) is 19.2 Å². The van der Waals surface area contributed by atoms with E-state index in [0.717, 1.165) is 5.56 Å². The fourth-order valence-electron chi connectivity index (χ4n) is 2.99. The van der Waals surface area contributed by atoms with Gasteiger partial charge in [0.2, 0.25) is 5.91 Å². The molecule has 0 radical (unpaired) electrons. The van der Waals surface area contributed by atoms with E-state index in [-0.39, 0.29) is 24.4 Å². The highest BCUT2D eigenvalue weighted by molar-refractivity contribution is 6.12. The Hall–Kier alpha value is -3.94. The third-order valence-electron chi connectivity index (χ3n) is 4.63. The molecule has 3 aromatic rings. The van der Waals surface area contributed by atoms with Crippen molar-refractivity contribution in [3.8, 4) is 0 Å². The van der Waals surface area contributed by atoms with Crippen LogP contribution >= 0.6 is 0 Å². The molecule has 0 unspecified atom stereocenters. The third kappa shape index (κ3) is 4.72. The fourth-order valence-corrected chi connectivity index (χ4v) is 2.99. The molecular formula is C22H21N3O5. The summed E-state index contributed by atoms with van der Waals surface area (Å²) in [6, 6.07) is 15.3. The van der Waals surface area contributed by atoms with Gasteiger partial charge in [-0.25, -0.2) is 0 Å². The number of amides is 2. The Balaban J connectivity index is 1.70. The molecule has 0 bridgehead atoms. The lowest BCUT2D eigenvalue weighted by atomic mass is 10.1. The first-order valence-corrected chi connectivity index (χ1v) is 9.21. The van der Waals surface area contributed by atoms with Crippen molar-refractivity contribution in [1.29, 1.82) is 0 Å². The van der Waals surface area contributed by atoms with Crippen LogP contribution < -0.4 is 16.2 Å². The summed E-state index contributed by atoms with van der Waals surface area (Å²) in [4.78, 5) is 47.9. The second kappa shape index (κ2) is 9.04. The molecular weight excluding hydrogens is 386 g/mol. The van der Waals surface area contributed by atoms with Gasteiger partial charge in [0.05, 0.1) is 24.6 Å². The van der Waals surface area contributed by atoms with Gasteiger partial charge in [-0.15, -0.1) is 0 Å². The number of nitrogens with zero attached hydrogens (tertiary/aromatic N) is 1. The zero-order chi connectivity index (χ0) is 21.7. The highest BCUT2D eigenvalue weighted by Crippen LogP contribution is 2.18. The van der Waals surface area contributed by atoms with Gasteiger partial charge in [0.15, 0.2) is 0 Å². The molecule has 0 saturated heterocycles. The Morgan fingerprint density at radius 3 is 2.43 bits per heavy atom. The molecule has 2 N–H and O–H groups in total. The quantitative estimate of drug-likeness (QED) is 0.604. The van der Waals surface area contributed by atoms with Crippen LogP contribution in [0.4, 0.5) is 5.69 Å². The number of aryl methyl sites for hydroxylation is 1. The average Bonchev–Trinajstić information content (AvgIpc) is 2.75. The molecule has 0 saturated carbocycles. The van der Waals surface area contributed by atoms with Crippen molar-refractivity contribution < 1.29 is 19.1 Å². The third-order valence-corrected chi connectivity index (χ3v) is 4.63. The number of carbonyl (C=O) groups excluding carboxylic acids is 3. The number of hydrogen-bond acceptors (Lipinski definition) is 5. The first-order valence-electron chi connectivity index (χ1n) is 9.21. The van der Waals surface area contributed by atoms with Gasteiger partial charge in [0, 0.05) is 24.2 Å². The van der Waals surface area contributed by atoms with Crippen molar-refractivity contribution in [2.75, 3.05) is 19.0 Å². The first-order chi connectivity index (χ1) is 14.4. The summed E-state index contributed by atoms with van der Waals surface area (Å²) in [5, 5.41) is 5.92. The number of fused-ring (bicyclic) bond motifs is 1. The normalized spacial score (nSPS) is 10.5. The van der Waals surface area contributed by atoms with E-state index < -0.39 is 11.9 Å². The van der Waals surface area contributed by atoms with E-state index in [1.54, 1.807) is 43.4 Å². The number of aromatic nitrogens is 1. The number of carbonyl (C=O) groups is 3. The van der Waals surface area contributed by atoms with Crippen LogP contribution in [-0.2, 0) is 27.8 Å². The molecule has 2 aromatic carbocycles. The molecule has 0 fully saturated rings. The van der Waals surface area contributed by atoms with Crippen LogP contribution in [0.25, 0.3) is 10.9 Å². The van der Waals surface area contributed by atoms with E-state index in [9.17, 15) is 19.2 Å². The SMILES string of the molecule is COC(=O)CNC(=O)Cc1ccc(NC(=O)c2cc(=O)n(C)c3ccccc23)cc1. The largest absolute Gasteiger partial charge is 0.468 e.